The topological polar surface area (TPSA) is 93.2 Å². The third-order valence-corrected chi connectivity index (χ3v) is 5.09. The summed E-state index contributed by atoms with van der Waals surface area (Å²) in [5, 5.41) is 0. The normalized spacial score (nSPS) is 22.7. The summed E-state index contributed by atoms with van der Waals surface area (Å²) in [7, 11) is 0. The van der Waals surface area contributed by atoms with Crippen molar-refractivity contribution >= 4 is 23.7 Å². The zero-order valence-corrected chi connectivity index (χ0v) is 17.1. The highest BCUT2D eigenvalue weighted by Gasteiger charge is 2.44. The Kier molecular flexibility index (Phi) is 6.02. The molecule has 2 aliphatic heterocycles. The largest absolute Gasteiger partial charge is 0.454 e. The van der Waals surface area contributed by atoms with E-state index >= 15 is 0 Å². The van der Waals surface area contributed by atoms with E-state index in [1.807, 2.05) is 13.8 Å². The van der Waals surface area contributed by atoms with Crippen LogP contribution in [-0.2, 0) is 19.1 Å². The van der Waals surface area contributed by atoms with Crippen LogP contribution in [0.5, 0.6) is 0 Å². The van der Waals surface area contributed by atoms with E-state index in [2.05, 4.69) is 0 Å². The van der Waals surface area contributed by atoms with Crippen LogP contribution in [0.2, 0.25) is 0 Å². The Hall–Kier alpha value is -2.74. The molecule has 3 rings (SSSR count). The maximum Gasteiger partial charge on any atom is 0.330 e. The van der Waals surface area contributed by atoms with Crippen molar-refractivity contribution < 1.29 is 28.7 Å². The molecule has 1 aromatic carbocycles. The first kappa shape index (κ1) is 21.0. The minimum atomic E-state index is -1.10. The molecule has 1 saturated heterocycles. The average Bonchev–Trinajstić information content (AvgIpc) is 2.91. The van der Waals surface area contributed by atoms with E-state index in [9.17, 15) is 19.2 Å². The van der Waals surface area contributed by atoms with Crippen molar-refractivity contribution in [2.45, 2.75) is 45.9 Å². The molecule has 156 valence electrons. The van der Waals surface area contributed by atoms with Gasteiger partial charge in [-0.1, -0.05) is 26.0 Å². The van der Waals surface area contributed by atoms with Crippen LogP contribution in [0.15, 0.2) is 24.3 Å². The number of hydrogen-bond donors (Lipinski definition) is 0. The second kappa shape index (κ2) is 8.32. The van der Waals surface area contributed by atoms with E-state index in [-0.39, 0.29) is 35.2 Å². The highest BCUT2D eigenvalue weighted by molar-refractivity contribution is 6.22. The first-order chi connectivity index (χ1) is 13.7. The fourth-order valence-corrected chi connectivity index (χ4v) is 3.83. The smallest absolute Gasteiger partial charge is 0.330 e. The summed E-state index contributed by atoms with van der Waals surface area (Å²) in [4.78, 5) is 53.2. The van der Waals surface area contributed by atoms with Crippen molar-refractivity contribution in [3.63, 3.8) is 0 Å². The predicted molar refractivity (Wildman–Crippen MR) is 103 cm³/mol. The van der Waals surface area contributed by atoms with Gasteiger partial charge in [0.1, 0.15) is 6.04 Å². The molecule has 3 amide bonds. The average molecular weight is 402 g/mol. The van der Waals surface area contributed by atoms with E-state index in [0.717, 1.165) is 4.90 Å². The molecule has 2 heterocycles. The van der Waals surface area contributed by atoms with Gasteiger partial charge in [-0.05, 0) is 31.9 Å². The molecule has 0 bridgehead atoms. The molecule has 29 heavy (non-hydrogen) atoms. The van der Waals surface area contributed by atoms with Gasteiger partial charge in [-0.25, -0.2) is 4.79 Å². The van der Waals surface area contributed by atoms with Crippen molar-refractivity contribution in [3.05, 3.63) is 35.4 Å². The summed E-state index contributed by atoms with van der Waals surface area (Å²) in [5.41, 5.74) is 0.534. The Morgan fingerprint density at radius 2 is 1.59 bits per heavy atom. The summed E-state index contributed by atoms with van der Waals surface area (Å²) in [5.74, 6) is -2.52. The number of imide groups is 1. The highest BCUT2D eigenvalue weighted by Crippen LogP contribution is 2.27. The molecular weight excluding hydrogens is 376 g/mol. The number of ether oxygens (including phenoxy) is 2. The van der Waals surface area contributed by atoms with E-state index < -0.39 is 30.4 Å². The van der Waals surface area contributed by atoms with Crippen LogP contribution < -0.4 is 0 Å². The number of benzene rings is 1. The molecule has 0 unspecified atom stereocenters. The molecule has 3 atom stereocenters. The first-order valence-corrected chi connectivity index (χ1v) is 9.77. The second-order valence-corrected chi connectivity index (χ2v) is 7.88. The number of carbonyl (C=O) groups excluding carboxylic acids is 4. The van der Waals surface area contributed by atoms with Crippen molar-refractivity contribution in [3.8, 4) is 0 Å². The lowest BCUT2D eigenvalue weighted by Crippen LogP contribution is -2.51. The first-order valence-electron chi connectivity index (χ1n) is 9.77. The van der Waals surface area contributed by atoms with Crippen LogP contribution in [0.25, 0.3) is 0 Å². The number of morpholine rings is 1. The molecule has 0 aromatic heterocycles. The third kappa shape index (κ3) is 4.17. The number of fused-ring (bicyclic) bond motifs is 1. The molecule has 0 aliphatic carbocycles. The maximum absolute atomic E-state index is 12.8. The Balaban J connectivity index is 1.69. The lowest BCUT2D eigenvalue weighted by Gasteiger charge is -2.35. The zero-order chi connectivity index (χ0) is 21.3. The number of hydrogen-bond acceptors (Lipinski definition) is 6. The summed E-state index contributed by atoms with van der Waals surface area (Å²) in [6, 6.07) is 5.35. The summed E-state index contributed by atoms with van der Waals surface area (Å²) in [6.45, 7) is 7.60. The fraction of sp³-hybridized carbons (Fsp3) is 0.524. The number of amides is 3. The summed E-state index contributed by atoms with van der Waals surface area (Å²) < 4.78 is 10.8. The monoisotopic (exact) mass is 402 g/mol. The molecule has 1 fully saturated rings. The Morgan fingerprint density at radius 1 is 1.07 bits per heavy atom. The highest BCUT2D eigenvalue weighted by atomic mass is 16.5. The van der Waals surface area contributed by atoms with Gasteiger partial charge < -0.3 is 14.4 Å². The molecule has 0 spiro atoms. The minimum Gasteiger partial charge on any atom is -0.454 e. The third-order valence-electron chi connectivity index (χ3n) is 5.09. The Bertz CT molecular complexity index is 791. The van der Waals surface area contributed by atoms with Gasteiger partial charge in [0.15, 0.2) is 6.61 Å². The zero-order valence-electron chi connectivity index (χ0n) is 17.1. The lowest BCUT2D eigenvalue weighted by atomic mass is 10.0. The van der Waals surface area contributed by atoms with Crippen molar-refractivity contribution in [2.75, 3.05) is 19.7 Å². The summed E-state index contributed by atoms with van der Waals surface area (Å²) in [6.07, 6.45) is -0.194. The summed E-state index contributed by atoms with van der Waals surface area (Å²) >= 11 is 0. The van der Waals surface area contributed by atoms with Gasteiger partial charge >= 0.3 is 5.97 Å². The molecule has 0 radical (unpaired) electrons. The van der Waals surface area contributed by atoms with E-state index in [1.54, 1.807) is 43.0 Å². The van der Waals surface area contributed by atoms with Crippen molar-refractivity contribution in [1.29, 1.82) is 0 Å². The number of esters is 1. The van der Waals surface area contributed by atoms with E-state index in [4.69, 9.17) is 9.47 Å². The van der Waals surface area contributed by atoms with Crippen LogP contribution in [-0.4, -0.2) is 71.4 Å². The predicted octanol–water partition coefficient (Wildman–Crippen LogP) is 1.49. The van der Waals surface area contributed by atoms with Crippen molar-refractivity contribution in [2.24, 2.45) is 5.92 Å². The number of carbonyl (C=O) groups is 4. The van der Waals surface area contributed by atoms with Gasteiger partial charge in [-0.2, -0.15) is 0 Å². The maximum atomic E-state index is 12.8. The standard InChI is InChI=1S/C21H26N2O6/c1-12(2)18(23-19(25)15-7-5-6-8-16(15)20(23)26)21(27)28-11-17(24)22-9-13(3)29-14(4)10-22/h5-8,12-14,18H,9-11H2,1-4H3/t13-,14+,18-/m0/s1. The molecular formula is C21H26N2O6. The van der Waals surface area contributed by atoms with Crippen LogP contribution >= 0.6 is 0 Å². The van der Waals surface area contributed by atoms with Gasteiger partial charge in [0.25, 0.3) is 17.7 Å². The molecule has 1 aromatic rings. The van der Waals surface area contributed by atoms with Gasteiger partial charge in [0, 0.05) is 13.1 Å². The molecule has 0 saturated carbocycles. The number of nitrogens with zero attached hydrogens (tertiary/aromatic N) is 2. The minimum absolute atomic E-state index is 0.0971. The van der Waals surface area contributed by atoms with Crippen LogP contribution in [0.3, 0.4) is 0 Å². The van der Waals surface area contributed by atoms with Crippen molar-refractivity contribution in [1.82, 2.24) is 9.80 Å². The lowest BCUT2D eigenvalue weighted by molar-refractivity contribution is -0.160. The van der Waals surface area contributed by atoms with Gasteiger partial charge in [0.05, 0.1) is 23.3 Å². The molecule has 8 nitrogen and oxygen atoms in total. The van der Waals surface area contributed by atoms with Crippen LogP contribution in [0.4, 0.5) is 0 Å². The molecule has 2 aliphatic rings. The van der Waals surface area contributed by atoms with Gasteiger partial charge in [-0.3, -0.25) is 19.3 Å². The number of rotatable bonds is 5. The van der Waals surface area contributed by atoms with Crippen LogP contribution in [0, 0.1) is 5.92 Å². The second-order valence-electron chi connectivity index (χ2n) is 7.88. The quantitative estimate of drug-likeness (QED) is 0.547. The SMILES string of the molecule is CC(C)[C@@H](C(=O)OCC(=O)N1C[C@@H](C)O[C@@H](C)C1)N1C(=O)c2ccccc2C1=O. The van der Waals surface area contributed by atoms with Gasteiger partial charge in [-0.15, -0.1) is 0 Å². The van der Waals surface area contributed by atoms with Crippen LogP contribution in [0.1, 0.15) is 48.4 Å². The Labute approximate surface area is 169 Å². The molecule has 0 N–H and O–H groups in total. The Morgan fingerprint density at radius 3 is 2.07 bits per heavy atom. The van der Waals surface area contributed by atoms with Gasteiger partial charge in [0.2, 0.25) is 0 Å². The fourth-order valence-electron chi connectivity index (χ4n) is 3.83. The van der Waals surface area contributed by atoms with E-state index in [1.165, 1.54) is 0 Å². The van der Waals surface area contributed by atoms with E-state index in [0.29, 0.717) is 13.1 Å². The molecule has 8 heteroatoms.